The van der Waals surface area contributed by atoms with Crippen LogP contribution in [-0.2, 0) is 0 Å². The van der Waals surface area contributed by atoms with Crippen molar-refractivity contribution in [1.82, 2.24) is 0 Å². The average Bonchev–Trinajstić information content (AvgIpc) is 2.52. The normalized spacial score (nSPS) is 27.3. The molecule has 0 amide bonds. The van der Waals surface area contributed by atoms with Crippen molar-refractivity contribution in [2.75, 3.05) is 0 Å². The fraction of sp³-hybridized carbons (Fsp3) is 0.714. The molecule has 2 atom stereocenters. The first kappa shape index (κ1) is 11.6. The third-order valence-electron chi connectivity index (χ3n) is 3.08. The maximum Gasteiger partial charge on any atom is -0.0231 e. The van der Waals surface area contributed by atoms with E-state index < -0.39 is 0 Å². The van der Waals surface area contributed by atoms with E-state index >= 15 is 0 Å². The van der Waals surface area contributed by atoms with Gasteiger partial charge >= 0.3 is 0 Å². The number of hydrogen-bond acceptors (Lipinski definition) is 0. The van der Waals surface area contributed by atoms with Crippen LogP contribution in [0.25, 0.3) is 0 Å². The zero-order valence-corrected chi connectivity index (χ0v) is 9.76. The maximum atomic E-state index is 4.00. The quantitative estimate of drug-likeness (QED) is 0.553. The summed E-state index contributed by atoms with van der Waals surface area (Å²) in [5, 5.41) is 0. The van der Waals surface area contributed by atoms with Crippen LogP contribution in [-0.4, -0.2) is 0 Å². The van der Waals surface area contributed by atoms with E-state index in [0.717, 1.165) is 11.8 Å². The lowest BCUT2D eigenvalue weighted by molar-refractivity contribution is 0.528. The summed E-state index contributed by atoms with van der Waals surface area (Å²) >= 11 is 0. The lowest BCUT2D eigenvalue weighted by Gasteiger charge is -2.08. The molecule has 0 aromatic heterocycles. The molecule has 1 aliphatic rings. The maximum absolute atomic E-state index is 4.00. The van der Waals surface area contributed by atoms with Gasteiger partial charge in [0.2, 0.25) is 0 Å². The van der Waals surface area contributed by atoms with Crippen LogP contribution in [0.2, 0.25) is 0 Å². The molecule has 0 bridgehead atoms. The third-order valence-corrected chi connectivity index (χ3v) is 3.08. The highest BCUT2D eigenvalue weighted by molar-refractivity contribution is 4.97. The topological polar surface area (TPSA) is 0 Å². The van der Waals surface area contributed by atoms with E-state index in [9.17, 15) is 0 Å². The summed E-state index contributed by atoms with van der Waals surface area (Å²) in [6, 6.07) is 0. The Morgan fingerprint density at radius 2 is 2.21 bits per heavy atom. The Labute approximate surface area is 89.1 Å². The van der Waals surface area contributed by atoms with Gasteiger partial charge in [0.25, 0.3) is 0 Å². The smallest absolute Gasteiger partial charge is 0.0231 e. The van der Waals surface area contributed by atoms with Gasteiger partial charge in [-0.05, 0) is 50.9 Å². The molecule has 14 heavy (non-hydrogen) atoms. The number of rotatable bonds is 5. The third kappa shape index (κ3) is 4.13. The van der Waals surface area contributed by atoms with E-state index in [1.165, 1.54) is 44.1 Å². The Morgan fingerprint density at radius 1 is 1.43 bits per heavy atom. The Bertz CT molecular complexity index is 200. The van der Waals surface area contributed by atoms with Gasteiger partial charge in [-0.2, -0.15) is 0 Å². The SMILES string of the molecule is C=C(C)C[C@@H]1CCC(/C=C/CCC)C1. The second kappa shape index (κ2) is 6.06. The molecular weight excluding hydrogens is 168 g/mol. The number of hydrogen-bond donors (Lipinski definition) is 0. The van der Waals surface area contributed by atoms with Crippen molar-refractivity contribution in [3.63, 3.8) is 0 Å². The first-order valence-electron chi connectivity index (χ1n) is 6.03. The van der Waals surface area contributed by atoms with Gasteiger partial charge in [0.05, 0.1) is 0 Å². The largest absolute Gasteiger partial charge is 0.100 e. The molecule has 0 aliphatic heterocycles. The molecule has 80 valence electrons. The molecule has 0 nitrogen and oxygen atoms in total. The predicted molar refractivity (Wildman–Crippen MR) is 64.3 cm³/mol. The highest BCUT2D eigenvalue weighted by Crippen LogP contribution is 2.35. The van der Waals surface area contributed by atoms with Crippen molar-refractivity contribution in [3.05, 3.63) is 24.3 Å². The van der Waals surface area contributed by atoms with Crippen LogP contribution in [0.4, 0.5) is 0 Å². The molecule has 1 saturated carbocycles. The van der Waals surface area contributed by atoms with E-state index in [0.29, 0.717) is 0 Å². The summed E-state index contributed by atoms with van der Waals surface area (Å²) in [7, 11) is 0. The minimum atomic E-state index is 0.867. The molecule has 1 fully saturated rings. The van der Waals surface area contributed by atoms with Crippen LogP contribution in [0.15, 0.2) is 24.3 Å². The number of unbranched alkanes of at least 4 members (excludes halogenated alkanes) is 1. The van der Waals surface area contributed by atoms with Gasteiger partial charge in [-0.1, -0.05) is 31.1 Å². The molecule has 0 N–H and O–H groups in total. The standard InChI is InChI=1S/C14H24/c1-4-5-6-7-13-8-9-14(11-13)10-12(2)3/h6-7,13-14H,2,4-5,8-11H2,1,3H3/b7-6+/t13?,14-/m0/s1. The first-order chi connectivity index (χ1) is 6.72. The van der Waals surface area contributed by atoms with Crippen molar-refractivity contribution in [2.45, 2.75) is 52.4 Å². The molecule has 0 heterocycles. The zero-order valence-electron chi connectivity index (χ0n) is 9.76. The van der Waals surface area contributed by atoms with Gasteiger partial charge in [-0.15, -0.1) is 6.58 Å². The summed E-state index contributed by atoms with van der Waals surface area (Å²) in [5.74, 6) is 1.79. The van der Waals surface area contributed by atoms with Gasteiger partial charge < -0.3 is 0 Å². The van der Waals surface area contributed by atoms with E-state index in [1.54, 1.807) is 0 Å². The predicted octanol–water partition coefficient (Wildman–Crippen LogP) is 4.73. The fourth-order valence-electron chi connectivity index (χ4n) is 2.42. The fourth-order valence-corrected chi connectivity index (χ4v) is 2.42. The molecule has 0 aromatic rings. The summed E-state index contributed by atoms with van der Waals surface area (Å²) < 4.78 is 0. The van der Waals surface area contributed by atoms with Crippen molar-refractivity contribution in [3.8, 4) is 0 Å². The molecule has 0 saturated heterocycles. The molecule has 1 aliphatic carbocycles. The van der Waals surface area contributed by atoms with Gasteiger partial charge in [0, 0.05) is 0 Å². The molecule has 0 aromatic carbocycles. The molecule has 0 heteroatoms. The minimum Gasteiger partial charge on any atom is -0.100 e. The molecule has 1 rings (SSSR count). The van der Waals surface area contributed by atoms with Crippen molar-refractivity contribution < 1.29 is 0 Å². The van der Waals surface area contributed by atoms with Crippen molar-refractivity contribution in [2.24, 2.45) is 11.8 Å². The summed E-state index contributed by atoms with van der Waals surface area (Å²) in [6.45, 7) is 8.39. The Kier molecular flexibility index (Phi) is 5.00. The van der Waals surface area contributed by atoms with Crippen LogP contribution in [0.5, 0.6) is 0 Å². The van der Waals surface area contributed by atoms with Crippen molar-refractivity contribution in [1.29, 1.82) is 0 Å². The van der Waals surface area contributed by atoms with Gasteiger partial charge in [-0.25, -0.2) is 0 Å². The molecule has 0 spiro atoms. The Hall–Kier alpha value is -0.520. The minimum absolute atomic E-state index is 0.867. The van der Waals surface area contributed by atoms with Crippen LogP contribution in [0, 0.1) is 11.8 Å². The lowest BCUT2D eigenvalue weighted by atomic mass is 9.98. The summed E-state index contributed by atoms with van der Waals surface area (Å²) in [4.78, 5) is 0. The van der Waals surface area contributed by atoms with Crippen LogP contribution >= 0.6 is 0 Å². The van der Waals surface area contributed by atoms with Gasteiger partial charge in [-0.3, -0.25) is 0 Å². The highest BCUT2D eigenvalue weighted by atomic mass is 14.3. The van der Waals surface area contributed by atoms with E-state index in [-0.39, 0.29) is 0 Å². The first-order valence-corrected chi connectivity index (χ1v) is 6.03. The molecule has 1 unspecified atom stereocenters. The average molecular weight is 192 g/mol. The van der Waals surface area contributed by atoms with Crippen LogP contribution in [0.1, 0.15) is 52.4 Å². The second-order valence-corrected chi connectivity index (χ2v) is 4.82. The van der Waals surface area contributed by atoms with Crippen LogP contribution < -0.4 is 0 Å². The summed E-state index contributed by atoms with van der Waals surface area (Å²) in [5.41, 5.74) is 1.35. The Morgan fingerprint density at radius 3 is 2.86 bits per heavy atom. The molecular formula is C14H24. The van der Waals surface area contributed by atoms with E-state index in [1.807, 2.05) is 0 Å². The van der Waals surface area contributed by atoms with Gasteiger partial charge in [0.15, 0.2) is 0 Å². The molecule has 0 radical (unpaired) electrons. The van der Waals surface area contributed by atoms with Crippen LogP contribution in [0.3, 0.4) is 0 Å². The Balaban J connectivity index is 2.23. The van der Waals surface area contributed by atoms with Crippen molar-refractivity contribution >= 4 is 0 Å². The lowest BCUT2D eigenvalue weighted by Crippen LogP contribution is -1.95. The highest BCUT2D eigenvalue weighted by Gasteiger charge is 2.22. The van der Waals surface area contributed by atoms with E-state index in [2.05, 4.69) is 32.6 Å². The van der Waals surface area contributed by atoms with Gasteiger partial charge in [0.1, 0.15) is 0 Å². The second-order valence-electron chi connectivity index (χ2n) is 4.82. The zero-order chi connectivity index (χ0) is 10.4. The van der Waals surface area contributed by atoms with E-state index in [4.69, 9.17) is 0 Å². The number of allylic oxidation sites excluding steroid dienone is 3. The monoisotopic (exact) mass is 192 g/mol. The summed E-state index contributed by atoms with van der Waals surface area (Å²) in [6.07, 6.45) is 12.8.